The van der Waals surface area contributed by atoms with Crippen molar-refractivity contribution in [2.24, 2.45) is 11.8 Å². The van der Waals surface area contributed by atoms with Crippen molar-refractivity contribution in [3.8, 4) is 0 Å². The molecular formula is C36H51N3O7. The van der Waals surface area contributed by atoms with E-state index in [1.807, 2.05) is 37.3 Å². The Kier molecular flexibility index (Phi) is 12.2. The Balaban J connectivity index is 1.65. The summed E-state index contributed by atoms with van der Waals surface area (Å²) in [5, 5.41) is 12.4. The summed E-state index contributed by atoms with van der Waals surface area (Å²) in [6.07, 6.45) is 6.47. The molecule has 3 aliphatic rings. The highest BCUT2D eigenvalue weighted by Gasteiger charge is 2.75. The fourth-order valence-electron chi connectivity index (χ4n) is 7.63. The van der Waals surface area contributed by atoms with Gasteiger partial charge in [0.2, 0.25) is 17.7 Å². The molecule has 10 nitrogen and oxygen atoms in total. The van der Waals surface area contributed by atoms with Gasteiger partial charge in [0.1, 0.15) is 17.7 Å². The van der Waals surface area contributed by atoms with Crippen LogP contribution in [0.25, 0.3) is 0 Å². The van der Waals surface area contributed by atoms with Crippen LogP contribution >= 0.6 is 0 Å². The number of nitrogens with zero attached hydrogens (tertiary/aromatic N) is 2. The largest absolute Gasteiger partial charge is 0.455 e. The maximum absolute atomic E-state index is 14.5. The Morgan fingerprint density at radius 1 is 1.20 bits per heavy atom. The van der Waals surface area contributed by atoms with Gasteiger partial charge in [-0.05, 0) is 57.9 Å². The first-order valence-electron chi connectivity index (χ1n) is 16.8. The minimum atomic E-state index is -1.15. The number of benzene rings is 1. The van der Waals surface area contributed by atoms with Crippen LogP contribution in [0, 0.1) is 11.8 Å². The average molecular weight is 638 g/mol. The topological polar surface area (TPSA) is 125 Å². The number of hydrogen-bond acceptors (Lipinski definition) is 7. The normalized spacial score (nSPS) is 26.6. The quantitative estimate of drug-likeness (QED) is 0.141. The molecule has 1 spiro atoms. The number of rotatable bonds is 18. The van der Waals surface area contributed by atoms with Crippen LogP contribution in [0.1, 0.15) is 83.8 Å². The summed E-state index contributed by atoms with van der Waals surface area (Å²) < 4.78 is 12.8. The van der Waals surface area contributed by atoms with Crippen molar-refractivity contribution in [2.75, 3.05) is 19.7 Å². The van der Waals surface area contributed by atoms with Gasteiger partial charge >= 0.3 is 5.97 Å². The molecular weight excluding hydrogens is 586 g/mol. The summed E-state index contributed by atoms with van der Waals surface area (Å²) in [5.74, 6) is -3.01. The highest BCUT2D eigenvalue weighted by Crippen LogP contribution is 2.59. The summed E-state index contributed by atoms with van der Waals surface area (Å²) in [7, 11) is 0. The zero-order valence-corrected chi connectivity index (χ0v) is 27.6. The fraction of sp³-hybridized carbons (Fsp3) is 0.611. The second kappa shape index (κ2) is 15.9. The number of esters is 1. The van der Waals surface area contributed by atoms with Crippen LogP contribution in [-0.4, -0.2) is 88.1 Å². The molecule has 1 unspecified atom stereocenters. The third kappa shape index (κ3) is 7.08. The molecule has 0 saturated carbocycles. The number of carbonyl (C=O) groups excluding carboxylic acids is 4. The number of aliphatic hydroxyl groups excluding tert-OH is 1. The van der Waals surface area contributed by atoms with Crippen LogP contribution in [0.4, 0.5) is 0 Å². The Bertz CT molecular complexity index is 1260. The van der Waals surface area contributed by atoms with Gasteiger partial charge in [0, 0.05) is 32.2 Å². The molecule has 2 N–H and O–H groups in total. The lowest BCUT2D eigenvalue weighted by Crippen LogP contribution is -2.58. The predicted octanol–water partition coefficient (Wildman–Crippen LogP) is 4.09. The van der Waals surface area contributed by atoms with E-state index in [0.717, 1.165) is 12.8 Å². The smallest absolute Gasteiger partial charge is 0.313 e. The van der Waals surface area contributed by atoms with Crippen molar-refractivity contribution >= 4 is 23.7 Å². The molecule has 2 bridgehead atoms. The summed E-state index contributed by atoms with van der Waals surface area (Å²) in [6.45, 7) is 14.0. The Morgan fingerprint density at radius 3 is 2.59 bits per heavy atom. The van der Waals surface area contributed by atoms with Crippen molar-refractivity contribution in [3.63, 3.8) is 0 Å². The number of ether oxygens (including phenoxy) is 2. The molecule has 1 aromatic rings. The summed E-state index contributed by atoms with van der Waals surface area (Å²) >= 11 is 0. The van der Waals surface area contributed by atoms with E-state index in [4.69, 9.17) is 9.47 Å². The predicted molar refractivity (Wildman–Crippen MR) is 174 cm³/mol. The first kappa shape index (κ1) is 35.4. The van der Waals surface area contributed by atoms with Crippen LogP contribution in [0.5, 0.6) is 0 Å². The van der Waals surface area contributed by atoms with E-state index in [1.165, 1.54) is 0 Å². The Hall–Kier alpha value is -3.50. The van der Waals surface area contributed by atoms with Crippen LogP contribution in [0.15, 0.2) is 55.6 Å². The molecule has 0 aliphatic carbocycles. The van der Waals surface area contributed by atoms with E-state index in [-0.39, 0.29) is 43.3 Å². The third-order valence-corrected chi connectivity index (χ3v) is 9.75. The number of likely N-dealkylation sites (tertiary alicyclic amines) is 1. The number of hydrogen-bond donors (Lipinski definition) is 2. The lowest BCUT2D eigenvalue weighted by atomic mass is 9.70. The molecule has 0 aromatic heterocycles. The second-order valence-electron chi connectivity index (χ2n) is 12.9. The first-order chi connectivity index (χ1) is 22.1. The third-order valence-electron chi connectivity index (χ3n) is 9.75. The van der Waals surface area contributed by atoms with Gasteiger partial charge in [-0.2, -0.15) is 0 Å². The van der Waals surface area contributed by atoms with Crippen molar-refractivity contribution in [1.82, 2.24) is 15.1 Å². The van der Waals surface area contributed by atoms with Crippen molar-refractivity contribution in [1.29, 1.82) is 0 Å². The molecule has 46 heavy (non-hydrogen) atoms. The molecule has 8 atom stereocenters. The number of carbonyl (C=O) groups is 4. The lowest BCUT2D eigenvalue weighted by molar-refractivity contribution is -0.162. The number of aliphatic hydroxyl groups is 1. The maximum atomic E-state index is 14.5. The van der Waals surface area contributed by atoms with Gasteiger partial charge in [-0.3, -0.25) is 19.2 Å². The van der Waals surface area contributed by atoms with Gasteiger partial charge in [-0.15, -0.1) is 13.2 Å². The molecule has 3 fully saturated rings. The van der Waals surface area contributed by atoms with E-state index < -0.39 is 47.7 Å². The molecule has 3 heterocycles. The second-order valence-corrected chi connectivity index (χ2v) is 12.9. The van der Waals surface area contributed by atoms with Crippen molar-refractivity contribution in [2.45, 2.75) is 108 Å². The highest BCUT2D eigenvalue weighted by molar-refractivity contribution is 5.98. The fourth-order valence-corrected chi connectivity index (χ4v) is 7.63. The van der Waals surface area contributed by atoms with E-state index in [2.05, 4.69) is 25.4 Å². The number of nitrogens with one attached hydrogen (secondary N) is 1. The van der Waals surface area contributed by atoms with E-state index in [1.54, 1.807) is 28.9 Å². The van der Waals surface area contributed by atoms with Gasteiger partial charge in [-0.1, -0.05) is 55.8 Å². The van der Waals surface area contributed by atoms with Gasteiger partial charge in [0.05, 0.1) is 24.0 Å². The Morgan fingerprint density at radius 2 is 1.93 bits per heavy atom. The van der Waals surface area contributed by atoms with Crippen LogP contribution in [0.2, 0.25) is 0 Å². The van der Waals surface area contributed by atoms with Crippen LogP contribution in [-0.2, 0) is 28.7 Å². The van der Waals surface area contributed by atoms with Gasteiger partial charge in [0.25, 0.3) is 0 Å². The van der Waals surface area contributed by atoms with Gasteiger partial charge < -0.3 is 29.7 Å². The average Bonchev–Trinajstić information content (AvgIpc) is 3.69. The SMILES string of the molecule is C=CCCC(=O)N[C@@H](C)[C@H](OC(=O)[C@@H]1[C@H]2C(=O)N(CCCCO)[C@H](C(=O)N(CC=C)C(C)CCC)[C@]23CC[C@H]1O3)c1ccccc1. The molecule has 10 heteroatoms. The van der Waals surface area contributed by atoms with Gasteiger partial charge in [-0.25, -0.2) is 0 Å². The number of allylic oxidation sites excluding steroid dienone is 1. The molecule has 252 valence electrons. The minimum absolute atomic E-state index is 0.0257. The van der Waals surface area contributed by atoms with E-state index in [9.17, 15) is 24.3 Å². The molecule has 3 aliphatic heterocycles. The molecule has 0 radical (unpaired) electrons. The molecule has 4 rings (SSSR count). The maximum Gasteiger partial charge on any atom is 0.313 e. The van der Waals surface area contributed by atoms with E-state index >= 15 is 0 Å². The van der Waals surface area contributed by atoms with E-state index in [0.29, 0.717) is 44.2 Å². The summed E-state index contributed by atoms with van der Waals surface area (Å²) in [6, 6.07) is 7.71. The molecule has 3 saturated heterocycles. The number of fused-ring (bicyclic) bond motifs is 1. The highest BCUT2D eigenvalue weighted by atomic mass is 16.6. The van der Waals surface area contributed by atoms with Crippen molar-refractivity contribution in [3.05, 3.63) is 61.2 Å². The van der Waals surface area contributed by atoms with Gasteiger partial charge in [0.15, 0.2) is 0 Å². The summed E-state index contributed by atoms with van der Waals surface area (Å²) in [5.41, 5.74) is -0.438. The minimum Gasteiger partial charge on any atom is -0.455 e. The molecule has 3 amide bonds. The zero-order chi connectivity index (χ0) is 33.4. The first-order valence-corrected chi connectivity index (χ1v) is 16.8. The number of unbranched alkanes of at least 4 members (excludes halogenated alkanes) is 1. The Labute approximate surface area is 273 Å². The lowest BCUT2D eigenvalue weighted by Gasteiger charge is -2.39. The summed E-state index contributed by atoms with van der Waals surface area (Å²) in [4.78, 5) is 58.9. The van der Waals surface area contributed by atoms with Crippen molar-refractivity contribution < 1.29 is 33.8 Å². The standard InChI is InChI=1S/C36H51N3O7/c1-6-9-18-28(41)37-25(5)31(26-16-11-10-12-17-26)45-35(44)29-27-19-20-36(46-27)30(29)33(42)39(22-13-14-23-40)32(36)34(43)38(21-8-3)24(4)15-7-2/h6,8,10-12,16-17,24-25,27,29-32,40H,1,3,7,9,13-15,18-23H2,2,4-5H3,(H,37,41)/t24?,25-,27+,29-,30-,31-,32+,36-/m0/s1. The molecule has 1 aromatic carbocycles. The van der Waals surface area contributed by atoms with Crippen LogP contribution < -0.4 is 5.32 Å². The van der Waals surface area contributed by atoms with Crippen LogP contribution in [0.3, 0.4) is 0 Å². The monoisotopic (exact) mass is 637 g/mol. The number of amides is 3. The zero-order valence-electron chi connectivity index (χ0n) is 27.6.